The maximum absolute atomic E-state index is 12.2. The second-order valence-corrected chi connectivity index (χ2v) is 6.42. The van der Waals surface area contributed by atoms with Crippen LogP contribution in [0.1, 0.15) is 25.3 Å². The number of nitriles is 1. The van der Waals surface area contributed by atoms with Gasteiger partial charge < -0.3 is 15.1 Å². The van der Waals surface area contributed by atoms with Gasteiger partial charge in [-0.3, -0.25) is 4.79 Å². The van der Waals surface area contributed by atoms with E-state index in [2.05, 4.69) is 47.5 Å². The van der Waals surface area contributed by atoms with E-state index in [4.69, 9.17) is 5.26 Å². The predicted molar refractivity (Wildman–Crippen MR) is 92.3 cm³/mol. The maximum Gasteiger partial charge on any atom is 0.237 e. The number of benzene rings is 1. The Kier molecular flexibility index (Phi) is 6.00. The van der Waals surface area contributed by atoms with Crippen molar-refractivity contribution < 1.29 is 4.79 Å². The number of likely N-dealkylation sites (tertiary alicyclic amines) is 1. The van der Waals surface area contributed by atoms with Crippen LogP contribution in [0.5, 0.6) is 0 Å². The van der Waals surface area contributed by atoms with Gasteiger partial charge >= 0.3 is 0 Å². The van der Waals surface area contributed by atoms with Gasteiger partial charge in [-0.1, -0.05) is 12.1 Å². The van der Waals surface area contributed by atoms with Crippen molar-refractivity contribution in [2.24, 2.45) is 0 Å². The summed E-state index contributed by atoms with van der Waals surface area (Å²) < 4.78 is 0. The number of hydrogen-bond donors (Lipinski definition) is 1. The van der Waals surface area contributed by atoms with Crippen LogP contribution in [-0.4, -0.2) is 50.1 Å². The molecule has 0 bridgehead atoms. The van der Waals surface area contributed by atoms with Crippen molar-refractivity contribution in [2.75, 3.05) is 32.1 Å². The van der Waals surface area contributed by atoms with Crippen LogP contribution in [0.25, 0.3) is 0 Å². The monoisotopic (exact) mass is 314 g/mol. The number of rotatable bonds is 6. The fraction of sp³-hybridized carbons (Fsp3) is 0.556. The smallest absolute Gasteiger partial charge is 0.237 e. The van der Waals surface area contributed by atoms with E-state index in [0.29, 0.717) is 13.1 Å². The van der Waals surface area contributed by atoms with Crippen LogP contribution in [0.3, 0.4) is 0 Å². The number of hydrogen-bond acceptors (Lipinski definition) is 4. The first kappa shape index (κ1) is 17.3. The van der Waals surface area contributed by atoms with E-state index < -0.39 is 0 Å². The normalized spacial score (nSPS) is 18.5. The van der Waals surface area contributed by atoms with Crippen molar-refractivity contribution in [2.45, 2.75) is 38.3 Å². The average molecular weight is 314 g/mol. The first-order chi connectivity index (χ1) is 11.0. The third-order valence-electron chi connectivity index (χ3n) is 4.32. The predicted octanol–water partition coefficient (Wildman–Crippen LogP) is 1.79. The Morgan fingerprint density at radius 1 is 1.43 bits per heavy atom. The van der Waals surface area contributed by atoms with E-state index in [1.165, 1.54) is 11.3 Å². The Morgan fingerprint density at radius 2 is 2.13 bits per heavy atom. The molecule has 1 aliphatic rings. The number of carbonyl (C=O) groups excluding carboxylic acids is 1. The summed E-state index contributed by atoms with van der Waals surface area (Å²) in [6, 6.07) is 10.7. The van der Waals surface area contributed by atoms with Crippen molar-refractivity contribution in [3.8, 4) is 6.07 Å². The topological polar surface area (TPSA) is 59.4 Å². The summed E-state index contributed by atoms with van der Waals surface area (Å²) in [7, 11) is 4.05. The summed E-state index contributed by atoms with van der Waals surface area (Å²) in [5, 5.41) is 12.3. The first-order valence-electron chi connectivity index (χ1n) is 8.20. The van der Waals surface area contributed by atoms with E-state index in [0.717, 1.165) is 19.3 Å². The quantitative estimate of drug-likeness (QED) is 0.869. The molecule has 23 heavy (non-hydrogen) atoms. The zero-order valence-electron chi connectivity index (χ0n) is 14.2. The Labute approximate surface area is 138 Å². The SMILES string of the molecule is C[C@H](Cc1ccc(N(C)C)cc1)NCC(=O)N1CCC[C@H]1C#N. The van der Waals surface area contributed by atoms with E-state index in [1.807, 2.05) is 14.1 Å². The van der Waals surface area contributed by atoms with E-state index >= 15 is 0 Å². The van der Waals surface area contributed by atoms with Crippen molar-refractivity contribution in [3.05, 3.63) is 29.8 Å². The Balaban J connectivity index is 1.79. The fourth-order valence-electron chi connectivity index (χ4n) is 2.92. The molecule has 5 nitrogen and oxygen atoms in total. The van der Waals surface area contributed by atoms with Gasteiger partial charge in [-0.15, -0.1) is 0 Å². The summed E-state index contributed by atoms with van der Waals surface area (Å²) in [6.07, 6.45) is 2.61. The van der Waals surface area contributed by atoms with Crippen LogP contribution in [0, 0.1) is 11.3 Å². The molecule has 0 unspecified atom stereocenters. The molecule has 1 heterocycles. The van der Waals surface area contributed by atoms with E-state index in [-0.39, 0.29) is 18.0 Å². The number of carbonyl (C=O) groups is 1. The Bertz CT molecular complexity index is 561. The van der Waals surface area contributed by atoms with Gasteiger partial charge in [-0.2, -0.15) is 5.26 Å². The van der Waals surface area contributed by atoms with Crippen molar-refractivity contribution in [3.63, 3.8) is 0 Å². The molecule has 2 atom stereocenters. The van der Waals surface area contributed by atoms with Gasteiger partial charge in [0.2, 0.25) is 5.91 Å². The second kappa shape index (κ2) is 7.98. The molecule has 1 fully saturated rings. The van der Waals surface area contributed by atoms with Gasteiger partial charge in [0.1, 0.15) is 6.04 Å². The molecule has 0 saturated carbocycles. The number of amides is 1. The first-order valence-corrected chi connectivity index (χ1v) is 8.20. The highest BCUT2D eigenvalue weighted by atomic mass is 16.2. The molecule has 1 aliphatic heterocycles. The third-order valence-corrected chi connectivity index (χ3v) is 4.32. The van der Waals surface area contributed by atoms with E-state index in [9.17, 15) is 4.79 Å². The lowest BCUT2D eigenvalue weighted by Gasteiger charge is -2.21. The average Bonchev–Trinajstić information content (AvgIpc) is 3.01. The van der Waals surface area contributed by atoms with Crippen LogP contribution in [0.15, 0.2) is 24.3 Å². The lowest BCUT2D eigenvalue weighted by molar-refractivity contribution is -0.130. The summed E-state index contributed by atoms with van der Waals surface area (Å²) in [5.41, 5.74) is 2.43. The molecule has 1 amide bonds. The van der Waals surface area contributed by atoms with Gasteiger partial charge in [-0.25, -0.2) is 0 Å². The summed E-state index contributed by atoms with van der Waals surface area (Å²) in [4.78, 5) is 16.0. The number of nitrogens with one attached hydrogen (secondary N) is 1. The molecule has 124 valence electrons. The molecule has 0 aromatic heterocycles. The van der Waals surface area contributed by atoms with Crippen LogP contribution < -0.4 is 10.2 Å². The highest BCUT2D eigenvalue weighted by Gasteiger charge is 2.28. The zero-order chi connectivity index (χ0) is 16.8. The highest BCUT2D eigenvalue weighted by molar-refractivity contribution is 5.79. The minimum Gasteiger partial charge on any atom is -0.378 e. The van der Waals surface area contributed by atoms with Crippen LogP contribution in [0.4, 0.5) is 5.69 Å². The molecule has 0 spiro atoms. The van der Waals surface area contributed by atoms with Crippen LogP contribution in [0.2, 0.25) is 0 Å². The summed E-state index contributed by atoms with van der Waals surface area (Å²) in [6.45, 7) is 3.09. The molecule has 1 aromatic carbocycles. The second-order valence-electron chi connectivity index (χ2n) is 6.42. The minimum atomic E-state index is -0.238. The lowest BCUT2D eigenvalue weighted by Crippen LogP contribution is -2.43. The summed E-state index contributed by atoms with van der Waals surface area (Å²) >= 11 is 0. The third kappa shape index (κ3) is 4.70. The summed E-state index contributed by atoms with van der Waals surface area (Å²) in [5.74, 6) is 0.0313. The minimum absolute atomic E-state index is 0.0313. The van der Waals surface area contributed by atoms with Crippen molar-refractivity contribution >= 4 is 11.6 Å². The molecular formula is C18H26N4O. The number of nitrogens with zero attached hydrogens (tertiary/aromatic N) is 3. The molecule has 2 rings (SSSR count). The van der Waals surface area contributed by atoms with Gasteiger partial charge in [0, 0.05) is 32.4 Å². The van der Waals surface area contributed by atoms with Crippen LogP contribution in [-0.2, 0) is 11.2 Å². The van der Waals surface area contributed by atoms with Gasteiger partial charge in [0.05, 0.1) is 12.6 Å². The Hall–Kier alpha value is -2.06. The van der Waals surface area contributed by atoms with Crippen LogP contribution >= 0.6 is 0 Å². The molecule has 0 radical (unpaired) electrons. The Morgan fingerprint density at radius 3 is 2.74 bits per heavy atom. The fourth-order valence-corrected chi connectivity index (χ4v) is 2.92. The maximum atomic E-state index is 12.2. The van der Waals surface area contributed by atoms with Gasteiger partial charge in [0.15, 0.2) is 0 Å². The van der Waals surface area contributed by atoms with Gasteiger partial charge in [-0.05, 0) is 43.9 Å². The highest BCUT2D eigenvalue weighted by Crippen LogP contribution is 2.16. The molecule has 1 aromatic rings. The van der Waals surface area contributed by atoms with E-state index in [1.54, 1.807) is 4.90 Å². The molecular weight excluding hydrogens is 288 g/mol. The standard InChI is InChI=1S/C18H26N4O/c1-14(11-15-6-8-16(9-7-15)21(2)3)20-13-18(23)22-10-4-5-17(22)12-19/h6-9,14,17,20H,4-5,10-11,13H2,1-3H3/t14-,17+/m1/s1. The largest absolute Gasteiger partial charge is 0.378 e. The lowest BCUT2D eigenvalue weighted by atomic mass is 10.1. The number of anilines is 1. The molecule has 0 aliphatic carbocycles. The molecule has 1 N–H and O–H groups in total. The van der Waals surface area contributed by atoms with Crippen molar-refractivity contribution in [1.29, 1.82) is 5.26 Å². The van der Waals surface area contributed by atoms with Gasteiger partial charge in [0.25, 0.3) is 0 Å². The molecule has 1 saturated heterocycles. The zero-order valence-corrected chi connectivity index (χ0v) is 14.2. The molecule has 5 heteroatoms. The van der Waals surface area contributed by atoms with Crippen molar-refractivity contribution in [1.82, 2.24) is 10.2 Å².